The number of aliphatic imine (C=N–C) groups is 1. The zero-order valence-electron chi connectivity index (χ0n) is 27.7. The number of carbonyl (C=O) groups excluding carboxylic acids is 2. The number of hydrogen-bond acceptors (Lipinski definition) is 8. The van der Waals surface area contributed by atoms with E-state index < -0.39 is 29.1 Å². The molecule has 10 heteroatoms. The Bertz CT molecular complexity index is 1850. The molecule has 1 atom stereocenters. The molecule has 248 valence electrons. The summed E-state index contributed by atoms with van der Waals surface area (Å²) in [5.74, 6) is -0.370. The van der Waals surface area contributed by atoms with Crippen LogP contribution in [0.2, 0.25) is 0 Å². The lowest BCUT2D eigenvalue weighted by Gasteiger charge is -2.36. The lowest BCUT2D eigenvalue weighted by Crippen LogP contribution is -2.45. The van der Waals surface area contributed by atoms with Crippen molar-refractivity contribution < 1.29 is 24.0 Å². The molecule has 0 saturated heterocycles. The highest BCUT2D eigenvalue weighted by molar-refractivity contribution is 6.02. The van der Waals surface area contributed by atoms with E-state index in [9.17, 15) is 19.7 Å². The van der Waals surface area contributed by atoms with E-state index in [0.717, 1.165) is 21.9 Å². The molecule has 0 saturated carbocycles. The van der Waals surface area contributed by atoms with Crippen LogP contribution in [-0.4, -0.2) is 51.9 Å². The van der Waals surface area contributed by atoms with Gasteiger partial charge in [0.1, 0.15) is 18.5 Å². The SMILES string of the molecule is CCC1=NC(C)=C(C(=O)OC(C)C)C(c2ccccc2[N+](=O)[O-])N1C(=O)OCCN(Cc1ccccc1)Cc1ccc2ccccc2c1. The number of esters is 1. The molecule has 0 N–H and O–H groups in total. The molecule has 10 nitrogen and oxygen atoms in total. The number of carbonyl (C=O) groups is 2. The Kier molecular flexibility index (Phi) is 11.0. The molecule has 0 bridgehead atoms. The van der Waals surface area contributed by atoms with Gasteiger partial charge in [-0.3, -0.25) is 19.9 Å². The first-order valence-electron chi connectivity index (χ1n) is 16.1. The molecule has 0 spiro atoms. The molecule has 1 amide bonds. The molecular weight excluding hydrogens is 608 g/mol. The van der Waals surface area contributed by atoms with Gasteiger partial charge in [-0.1, -0.05) is 85.8 Å². The van der Waals surface area contributed by atoms with Crippen LogP contribution in [0.3, 0.4) is 0 Å². The second-order valence-corrected chi connectivity index (χ2v) is 11.9. The average Bonchev–Trinajstić information content (AvgIpc) is 3.07. The third-order valence-electron chi connectivity index (χ3n) is 8.10. The molecule has 1 unspecified atom stereocenters. The summed E-state index contributed by atoms with van der Waals surface area (Å²) in [5, 5.41) is 14.5. The minimum absolute atomic E-state index is 0.0326. The van der Waals surface area contributed by atoms with Gasteiger partial charge in [-0.2, -0.15) is 0 Å². The largest absolute Gasteiger partial charge is 0.459 e. The number of hydrogen-bond donors (Lipinski definition) is 0. The number of para-hydroxylation sites is 1. The summed E-state index contributed by atoms with van der Waals surface area (Å²) in [6.07, 6.45) is -0.899. The van der Waals surface area contributed by atoms with Crippen molar-refractivity contribution in [3.63, 3.8) is 0 Å². The summed E-state index contributed by atoms with van der Waals surface area (Å²) >= 11 is 0. The van der Waals surface area contributed by atoms with Gasteiger partial charge in [0.25, 0.3) is 5.69 Å². The van der Waals surface area contributed by atoms with Crippen molar-refractivity contribution in [2.24, 2.45) is 4.99 Å². The maximum Gasteiger partial charge on any atom is 0.416 e. The molecule has 0 radical (unpaired) electrons. The molecule has 1 heterocycles. The smallest absolute Gasteiger partial charge is 0.416 e. The summed E-state index contributed by atoms with van der Waals surface area (Å²) in [7, 11) is 0. The lowest BCUT2D eigenvalue weighted by atomic mass is 9.92. The first-order chi connectivity index (χ1) is 23.2. The Morgan fingerprint density at radius 2 is 1.58 bits per heavy atom. The second kappa shape index (κ2) is 15.5. The number of nitro benzene ring substituents is 1. The van der Waals surface area contributed by atoms with Gasteiger partial charge in [-0.05, 0) is 54.8 Å². The van der Waals surface area contributed by atoms with E-state index >= 15 is 0 Å². The van der Waals surface area contributed by atoms with Crippen LogP contribution in [0.5, 0.6) is 0 Å². The van der Waals surface area contributed by atoms with Gasteiger partial charge in [0.15, 0.2) is 0 Å². The Morgan fingerprint density at radius 1 is 0.917 bits per heavy atom. The van der Waals surface area contributed by atoms with Crippen molar-refractivity contribution in [2.75, 3.05) is 13.2 Å². The molecule has 0 fully saturated rings. The number of rotatable bonds is 12. The maximum absolute atomic E-state index is 14.0. The number of allylic oxidation sites excluding steroid dienone is 1. The number of nitro groups is 1. The standard InChI is InChI=1S/C38H40N4O6/c1-5-34-39-27(4)35(37(43)48-26(2)3)36(32-17-11-12-18-33(32)42(45)46)41(34)38(44)47-22-21-40(24-28-13-7-6-8-14-28)25-29-19-20-30-15-9-10-16-31(30)23-29/h6-20,23,26,36H,5,21-22,24-25H2,1-4H3. The average molecular weight is 649 g/mol. The van der Waals surface area contributed by atoms with Crippen molar-refractivity contribution in [2.45, 2.75) is 59.4 Å². The molecular formula is C38H40N4O6. The highest BCUT2D eigenvalue weighted by atomic mass is 16.6. The Labute approximate surface area is 280 Å². The number of benzene rings is 4. The van der Waals surface area contributed by atoms with Crippen molar-refractivity contribution >= 4 is 34.4 Å². The van der Waals surface area contributed by atoms with Gasteiger partial charge >= 0.3 is 12.1 Å². The topological polar surface area (TPSA) is 115 Å². The van der Waals surface area contributed by atoms with E-state index in [1.165, 1.54) is 11.0 Å². The Hall–Kier alpha value is -5.35. The van der Waals surface area contributed by atoms with Gasteiger partial charge in [-0.25, -0.2) is 14.6 Å². The van der Waals surface area contributed by atoms with Crippen LogP contribution in [-0.2, 0) is 27.4 Å². The monoisotopic (exact) mass is 648 g/mol. The highest BCUT2D eigenvalue weighted by Crippen LogP contribution is 2.40. The molecule has 4 aromatic rings. The van der Waals surface area contributed by atoms with Crippen LogP contribution in [0.1, 0.15) is 56.8 Å². The van der Waals surface area contributed by atoms with Gasteiger partial charge in [-0.15, -0.1) is 0 Å². The van der Waals surface area contributed by atoms with Gasteiger partial charge in [0.05, 0.1) is 27.9 Å². The fourth-order valence-electron chi connectivity index (χ4n) is 5.94. The fourth-order valence-corrected chi connectivity index (χ4v) is 5.94. The zero-order valence-corrected chi connectivity index (χ0v) is 27.7. The first kappa shape index (κ1) is 34.0. The number of ether oxygens (including phenoxy) is 2. The summed E-state index contributed by atoms with van der Waals surface area (Å²) in [6, 6.07) is 29.6. The van der Waals surface area contributed by atoms with E-state index in [4.69, 9.17) is 9.47 Å². The van der Waals surface area contributed by atoms with E-state index in [0.29, 0.717) is 37.6 Å². The van der Waals surface area contributed by atoms with E-state index in [1.54, 1.807) is 39.0 Å². The van der Waals surface area contributed by atoms with E-state index in [1.807, 2.05) is 37.3 Å². The molecule has 48 heavy (non-hydrogen) atoms. The predicted molar refractivity (Wildman–Crippen MR) is 185 cm³/mol. The summed E-state index contributed by atoms with van der Waals surface area (Å²) in [4.78, 5) is 47.2. The number of nitrogens with zero attached hydrogens (tertiary/aromatic N) is 4. The molecule has 1 aliphatic heterocycles. The summed E-state index contributed by atoms with van der Waals surface area (Å²) < 4.78 is 11.4. The zero-order chi connectivity index (χ0) is 34.2. The normalized spacial score (nSPS) is 14.8. The van der Waals surface area contributed by atoms with Gasteiger partial charge in [0.2, 0.25) is 0 Å². The summed E-state index contributed by atoms with van der Waals surface area (Å²) in [6.45, 7) is 8.58. The fraction of sp³-hybridized carbons (Fsp3) is 0.289. The van der Waals surface area contributed by atoms with Crippen molar-refractivity contribution in [3.05, 3.63) is 135 Å². The van der Waals surface area contributed by atoms with E-state index in [-0.39, 0.29) is 23.4 Å². The van der Waals surface area contributed by atoms with Crippen LogP contribution in [0.15, 0.2) is 113 Å². The van der Waals surface area contributed by atoms with Gasteiger partial charge in [0, 0.05) is 32.1 Å². The van der Waals surface area contributed by atoms with Crippen LogP contribution in [0.4, 0.5) is 10.5 Å². The van der Waals surface area contributed by atoms with E-state index in [2.05, 4.69) is 52.4 Å². The molecule has 4 aromatic carbocycles. The summed E-state index contributed by atoms with van der Waals surface area (Å²) in [5.41, 5.74) is 2.55. The Balaban J connectivity index is 1.42. The molecule has 0 aromatic heterocycles. The minimum Gasteiger partial charge on any atom is -0.459 e. The van der Waals surface area contributed by atoms with Crippen LogP contribution < -0.4 is 0 Å². The molecule has 1 aliphatic rings. The van der Waals surface area contributed by atoms with Crippen molar-refractivity contribution in [1.82, 2.24) is 9.80 Å². The quantitative estimate of drug-likeness (QED) is 0.0869. The highest BCUT2D eigenvalue weighted by Gasteiger charge is 2.43. The first-order valence-corrected chi connectivity index (χ1v) is 16.1. The van der Waals surface area contributed by atoms with Crippen molar-refractivity contribution in [3.8, 4) is 0 Å². The van der Waals surface area contributed by atoms with Crippen molar-refractivity contribution in [1.29, 1.82) is 0 Å². The molecule has 0 aliphatic carbocycles. The third kappa shape index (κ3) is 7.95. The lowest BCUT2D eigenvalue weighted by molar-refractivity contribution is -0.385. The second-order valence-electron chi connectivity index (χ2n) is 11.9. The number of amidine groups is 1. The number of fused-ring (bicyclic) bond motifs is 1. The molecule has 5 rings (SSSR count). The maximum atomic E-state index is 14.0. The number of amides is 1. The Morgan fingerprint density at radius 3 is 2.29 bits per heavy atom. The van der Waals surface area contributed by atoms with Crippen LogP contribution in [0.25, 0.3) is 10.8 Å². The van der Waals surface area contributed by atoms with Crippen LogP contribution >= 0.6 is 0 Å². The van der Waals surface area contributed by atoms with Gasteiger partial charge < -0.3 is 9.47 Å². The third-order valence-corrected chi connectivity index (χ3v) is 8.10. The minimum atomic E-state index is -1.17. The van der Waals surface area contributed by atoms with Crippen LogP contribution in [0, 0.1) is 10.1 Å². The predicted octanol–water partition coefficient (Wildman–Crippen LogP) is 7.98.